The van der Waals surface area contributed by atoms with Crippen LogP contribution < -0.4 is 10.2 Å². The van der Waals surface area contributed by atoms with Gasteiger partial charge < -0.3 is 15.0 Å². The molecule has 1 amide bonds. The molecule has 0 aliphatic carbocycles. The molecule has 2 aliphatic rings. The van der Waals surface area contributed by atoms with Crippen LogP contribution in [-0.2, 0) is 19.6 Å². The van der Waals surface area contributed by atoms with Gasteiger partial charge in [-0.25, -0.2) is 8.42 Å². The van der Waals surface area contributed by atoms with Crippen LogP contribution in [0.2, 0.25) is 5.02 Å². The van der Waals surface area contributed by atoms with Crippen molar-refractivity contribution in [2.45, 2.75) is 17.7 Å². The van der Waals surface area contributed by atoms with E-state index in [9.17, 15) is 13.2 Å². The second kappa shape index (κ2) is 8.01. The summed E-state index contributed by atoms with van der Waals surface area (Å²) in [6.45, 7) is 3.77. The van der Waals surface area contributed by atoms with Crippen molar-refractivity contribution in [3.63, 3.8) is 0 Å². The number of anilines is 1. The maximum absolute atomic E-state index is 12.7. The highest BCUT2D eigenvalue weighted by molar-refractivity contribution is 7.89. The quantitative estimate of drug-likeness (QED) is 0.742. The van der Waals surface area contributed by atoms with Crippen molar-refractivity contribution in [2.75, 3.05) is 51.3 Å². The second-order valence-electron chi connectivity index (χ2n) is 6.34. The van der Waals surface area contributed by atoms with E-state index in [0.29, 0.717) is 43.6 Å². The number of carbonyl (C=O) groups is 1. The Kier molecular flexibility index (Phi) is 5.96. The molecule has 0 saturated carbocycles. The summed E-state index contributed by atoms with van der Waals surface area (Å²) in [4.78, 5) is 13.6. The monoisotopic (exact) mass is 388 g/mol. The minimum atomic E-state index is -3.62. The van der Waals surface area contributed by atoms with Crippen molar-refractivity contribution < 1.29 is 22.8 Å². The Labute approximate surface area is 152 Å². The number of hydrogen-bond donors (Lipinski definition) is 2. The summed E-state index contributed by atoms with van der Waals surface area (Å²) >= 11 is 6.14. The lowest BCUT2D eigenvalue weighted by molar-refractivity contribution is -0.878. The predicted octanol–water partition coefficient (Wildman–Crippen LogP) is -0.0219. The van der Waals surface area contributed by atoms with Gasteiger partial charge in [-0.05, 0) is 18.2 Å². The maximum Gasteiger partial charge on any atom is 0.279 e. The molecule has 0 unspecified atom stereocenters. The number of nitrogens with one attached hydrogen (secondary N) is 2. The van der Waals surface area contributed by atoms with Gasteiger partial charge in [-0.1, -0.05) is 11.6 Å². The van der Waals surface area contributed by atoms with E-state index >= 15 is 0 Å². The lowest BCUT2D eigenvalue weighted by Gasteiger charge is -2.26. The van der Waals surface area contributed by atoms with Gasteiger partial charge in [0.05, 0.1) is 41.9 Å². The Bertz CT molecular complexity index is 729. The standard InChI is InChI=1S/C16H22ClN3O4S/c17-14-4-3-13(25(22,23)20-7-9-24-10-8-20)11-15(14)18-16(21)12-19-5-1-2-6-19/h3-4,11H,1-2,5-10,12H2,(H,18,21)/p+1. The summed E-state index contributed by atoms with van der Waals surface area (Å²) in [6.07, 6.45) is 2.27. The summed E-state index contributed by atoms with van der Waals surface area (Å²) in [5, 5.41) is 3.08. The first-order chi connectivity index (χ1) is 12.0. The fourth-order valence-electron chi connectivity index (χ4n) is 3.17. The van der Waals surface area contributed by atoms with Gasteiger partial charge in [0.25, 0.3) is 5.91 Å². The molecule has 9 heteroatoms. The number of morpholine rings is 1. The lowest BCUT2D eigenvalue weighted by atomic mass is 10.3. The highest BCUT2D eigenvalue weighted by atomic mass is 35.5. The largest absolute Gasteiger partial charge is 0.379 e. The molecule has 1 aromatic carbocycles. The number of benzene rings is 1. The van der Waals surface area contributed by atoms with E-state index in [1.807, 2.05) is 0 Å². The second-order valence-corrected chi connectivity index (χ2v) is 8.69. The summed E-state index contributed by atoms with van der Waals surface area (Å²) in [5.74, 6) is -0.153. The number of quaternary nitrogens is 1. The molecule has 3 rings (SSSR count). The van der Waals surface area contributed by atoms with Crippen LogP contribution in [0, 0.1) is 0 Å². The molecule has 1 aromatic rings. The third-order valence-electron chi connectivity index (χ3n) is 4.54. The van der Waals surface area contributed by atoms with E-state index in [-0.39, 0.29) is 10.8 Å². The molecule has 25 heavy (non-hydrogen) atoms. The Morgan fingerprint density at radius 3 is 2.60 bits per heavy atom. The number of amides is 1. The first-order valence-corrected chi connectivity index (χ1v) is 10.3. The van der Waals surface area contributed by atoms with Gasteiger partial charge in [-0.15, -0.1) is 0 Å². The minimum Gasteiger partial charge on any atom is -0.379 e. The van der Waals surface area contributed by atoms with Gasteiger partial charge in [0.2, 0.25) is 10.0 Å². The zero-order chi connectivity index (χ0) is 17.9. The third kappa shape index (κ3) is 4.51. The Balaban J connectivity index is 1.74. The van der Waals surface area contributed by atoms with Crippen LogP contribution in [-0.4, -0.2) is 64.6 Å². The van der Waals surface area contributed by atoms with Crippen LogP contribution in [0.5, 0.6) is 0 Å². The van der Waals surface area contributed by atoms with Gasteiger partial charge in [0.15, 0.2) is 6.54 Å². The number of halogens is 1. The fraction of sp³-hybridized carbons (Fsp3) is 0.562. The summed E-state index contributed by atoms with van der Waals surface area (Å²) < 4.78 is 32.0. The molecule has 2 heterocycles. The van der Waals surface area contributed by atoms with Crippen LogP contribution in [0.25, 0.3) is 0 Å². The summed E-state index contributed by atoms with van der Waals surface area (Å²) in [7, 11) is -3.62. The van der Waals surface area contributed by atoms with Crippen molar-refractivity contribution in [3.05, 3.63) is 23.2 Å². The molecule has 2 saturated heterocycles. The Morgan fingerprint density at radius 1 is 1.24 bits per heavy atom. The zero-order valence-electron chi connectivity index (χ0n) is 14.0. The summed E-state index contributed by atoms with van der Waals surface area (Å²) in [5.41, 5.74) is 0.333. The molecule has 7 nitrogen and oxygen atoms in total. The first kappa shape index (κ1) is 18.6. The highest BCUT2D eigenvalue weighted by Gasteiger charge is 2.27. The SMILES string of the molecule is O=C(C[NH+]1CCCC1)Nc1cc(S(=O)(=O)N2CCOCC2)ccc1Cl. The number of ether oxygens (including phenoxy) is 1. The topological polar surface area (TPSA) is 80.2 Å². The van der Waals surface area contributed by atoms with Gasteiger partial charge in [0, 0.05) is 25.9 Å². The number of carbonyl (C=O) groups excluding carboxylic acids is 1. The Hall–Kier alpha value is -1.19. The van der Waals surface area contributed by atoms with E-state index < -0.39 is 10.0 Å². The van der Waals surface area contributed by atoms with Gasteiger partial charge in [-0.3, -0.25) is 4.79 Å². The highest BCUT2D eigenvalue weighted by Crippen LogP contribution is 2.27. The van der Waals surface area contributed by atoms with Gasteiger partial charge in [-0.2, -0.15) is 4.31 Å². The van der Waals surface area contributed by atoms with E-state index in [1.165, 1.54) is 27.4 Å². The molecular weight excluding hydrogens is 366 g/mol. The van der Waals surface area contributed by atoms with Crippen molar-refractivity contribution in [1.82, 2.24) is 4.31 Å². The lowest BCUT2D eigenvalue weighted by Crippen LogP contribution is -3.11. The number of nitrogens with zero attached hydrogens (tertiary/aromatic N) is 1. The molecule has 0 spiro atoms. The molecule has 2 N–H and O–H groups in total. The zero-order valence-corrected chi connectivity index (χ0v) is 15.5. The van der Waals surface area contributed by atoms with Crippen LogP contribution in [0.15, 0.2) is 23.1 Å². The number of hydrogen-bond acceptors (Lipinski definition) is 4. The van der Waals surface area contributed by atoms with Gasteiger partial charge in [0.1, 0.15) is 0 Å². The smallest absolute Gasteiger partial charge is 0.279 e. The van der Waals surface area contributed by atoms with E-state index in [1.54, 1.807) is 0 Å². The van der Waals surface area contributed by atoms with E-state index in [0.717, 1.165) is 25.9 Å². The van der Waals surface area contributed by atoms with Crippen LogP contribution in [0.3, 0.4) is 0 Å². The van der Waals surface area contributed by atoms with Crippen LogP contribution >= 0.6 is 11.6 Å². The Morgan fingerprint density at radius 2 is 1.92 bits per heavy atom. The predicted molar refractivity (Wildman–Crippen MR) is 94.5 cm³/mol. The average Bonchev–Trinajstić information content (AvgIpc) is 3.10. The van der Waals surface area contributed by atoms with Crippen molar-refractivity contribution in [3.8, 4) is 0 Å². The molecule has 0 aromatic heterocycles. The molecular formula is C16H23ClN3O4S+. The third-order valence-corrected chi connectivity index (χ3v) is 6.77. The number of rotatable bonds is 5. The molecule has 2 fully saturated rings. The fourth-order valence-corrected chi connectivity index (χ4v) is 4.77. The number of likely N-dealkylation sites (tertiary alicyclic amines) is 1. The van der Waals surface area contributed by atoms with E-state index in [4.69, 9.17) is 16.3 Å². The molecule has 138 valence electrons. The molecule has 0 atom stereocenters. The first-order valence-electron chi connectivity index (χ1n) is 8.48. The average molecular weight is 389 g/mol. The van der Waals surface area contributed by atoms with Crippen LogP contribution in [0.4, 0.5) is 5.69 Å². The van der Waals surface area contributed by atoms with Crippen molar-refractivity contribution in [1.29, 1.82) is 0 Å². The van der Waals surface area contributed by atoms with E-state index in [2.05, 4.69) is 5.32 Å². The van der Waals surface area contributed by atoms with Crippen molar-refractivity contribution in [2.24, 2.45) is 0 Å². The minimum absolute atomic E-state index is 0.127. The molecule has 0 bridgehead atoms. The van der Waals surface area contributed by atoms with Crippen LogP contribution in [0.1, 0.15) is 12.8 Å². The maximum atomic E-state index is 12.7. The van der Waals surface area contributed by atoms with Crippen molar-refractivity contribution >= 4 is 33.2 Å². The van der Waals surface area contributed by atoms with Gasteiger partial charge >= 0.3 is 0 Å². The molecule has 2 aliphatic heterocycles. The summed E-state index contributed by atoms with van der Waals surface area (Å²) in [6, 6.07) is 4.41. The normalized spacial score (nSPS) is 19.9. The number of sulfonamides is 1. The molecule has 0 radical (unpaired) electrons.